The van der Waals surface area contributed by atoms with Crippen LogP contribution in [0.3, 0.4) is 0 Å². The average Bonchev–Trinajstić information content (AvgIpc) is 2.17. The fourth-order valence-electron chi connectivity index (χ4n) is 0.905. The van der Waals surface area contributed by atoms with Crippen LogP contribution in [0.15, 0.2) is 12.4 Å². The number of hydrogen-bond donors (Lipinski definition) is 2. The molecule has 0 amide bonds. The van der Waals surface area contributed by atoms with Crippen molar-refractivity contribution in [2.24, 2.45) is 0 Å². The highest BCUT2D eigenvalue weighted by Crippen LogP contribution is 1.92. The van der Waals surface area contributed by atoms with Crippen molar-refractivity contribution >= 4 is 17.3 Å². The molecule has 0 aliphatic carbocycles. The first-order chi connectivity index (χ1) is 6.72. The standard InChI is InChI=1S/C9H14N4S/c1-3-10-9(14)13-6-8-5-11-7(2)4-12-8/h4-5H,3,6H2,1-2H3,(H2,10,13,14). The number of hydrogen-bond acceptors (Lipinski definition) is 3. The molecule has 0 aliphatic rings. The van der Waals surface area contributed by atoms with Crippen LogP contribution in [0.25, 0.3) is 0 Å². The van der Waals surface area contributed by atoms with Crippen LogP contribution >= 0.6 is 12.2 Å². The normalized spacial score (nSPS) is 9.57. The SMILES string of the molecule is CCNC(=S)NCc1cnc(C)cn1. The maximum absolute atomic E-state index is 5.01. The summed E-state index contributed by atoms with van der Waals surface area (Å²) in [7, 11) is 0. The molecule has 0 aliphatic heterocycles. The molecule has 0 atom stereocenters. The predicted octanol–water partition coefficient (Wildman–Crippen LogP) is 0.769. The molecule has 0 fully saturated rings. The lowest BCUT2D eigenvalue weighted by Gasteiger charge is -2.07. The van der Waals surface area contributed by atoms with Gasteiger partial charge < -0.3 is 10.6 Å². The first kappa shape index (κ1) is 10.8. The topological polar surface area (TPSA) is 49.8 Å². The highest BCUT2D eigenvalue weighted by molar-refractivity contribution is 7.80. The van der Waals surface area contributed by atoms with Crippen LogP contribution in [-0.2, 0) is 6.54 Å². The van der Waals surface area contributed by atoms with Gasteiger partial charge >= 0.3 is 0 Å². The van der Waals surface area contributed by atoms with E-state index in [-0.39, 0.29) is 0 Å². The molecule has 1 aromatic heterocycles. The Balaban J connectivity index is 2.38. The van der Waals surface area contributed by atoms with Crippen LogP contribution in [0.2, 0.25) is 0 Å². The lowest BCUT2D eigenvalue weighted by molar-refractivity contribution is 0.821. The summed E-state index contributed by atoms with van der Waals surface area (Å²) in [4.78, 5) is 8.33. The van der Waals surface area contributed by atoms with E-state index in [0.29, 0.717) is 11.7 Å². The fourth-order valence-corrected chi connectivity index (χ4v) is 1.12. The third-order valence-electron chi connectivity index (χ3n) is 1.60. The van der Waals surface area contributed by atoms with E-state index in [4.69, 9.17) is 12.2 Å². The van der Waals surface area contributed by atoms with Gasteiger partial charge in [-0.25, -0.2) is 0 Å². The summed E-state index contributed by atoms with van der Waals surface area (Å²) in [6.45, 7) is 5.34. The summed E-state index contributed by atoms with van der Waals surface area (Å²) in [6.07, 6.45) is 3.49. The molecule has 5 heteroatoms. The van der Waals surface area contributed by atoms with Crippen LogP contribution < -0.4 is 10.6 Å². The smallest absolute Gasteiger partial charge is 0.166 e. The zero-order valence-corrected chi connectivity index (χ0v) is 9.19. The van der Waals surface area contributed by atoms with E-state index in [9.17, 15) is 0 Å². The van der Waals surface area contributed by atoms with Gasteiger partial charge in [0.2, 0.25) is 0 Å². The molecule has 0 radical (unpaired) electrons. The van der Waals surface area contributed by atoms with E-state index in [1.165, 1.54) is 0 Å². The van der Waals surface area contributed by atoms with Gasteiger partial charge in [0, 0.05) is 12.7 Å². The second-order valence-electron chi connectivity index (χ2n) is 2.86. The Bertz CT molecular complexity index is 296. The van der Waals surface area contributed by atoms with Crippen LogP contribution in [-0.4, -0.2) is 21.6 Å². The fraction of sp³-hybridized carbons (Fsp3) is 0.444. The van der Waals surface area contributed by atoms with Crippen molar-refractivity contribution in [3.63, 3.8) is 0 Å². The van der Waals surface area contributed by atoms with E-state index in [1.54, 1.807) is 12.4 Å². The van der Waals surface area contributed by atoms with Crippen molar-refractivity contribution in [3.8, 4) is 0 Å². The molecule has 1 rings (SSSR count). The molecule has 1 heterocycles. The molecule has 0 aromatic carbocycles. The average molecular weight is 210 g/mol. The highest BCUT2D eigenvalue weighted by atomic mass is 32.1. The van der Waals surface area contributed by atoms with Crippen molar-refractivity contribution in [2.75, 3.05) is 6.54 Å². The highest BCUT2D eigenvalue weighted by Gasteiger charge is 1.96. The molecule has 1 aromatic rings. The number of rotatable bonds is 3. The van der Waals surface area contributed by atoms with Gasteiger partial charge in [-0.15, -0.1) is 0 Å². The Kier molecular flexibility index (Phi) is 4.25. The molecule has 4 nitrogen and oxygen atoms in total. The molecule has 0 unspecified atom stereocenters. The molecule has 2 N–H and O–H groups in total. The number of aryl methyl sites for hydroxylation is 1. The minimum Gasteiger partial charge on any atom is -0.363 e. The summed E-state index contributed by atoms with van der Waals surface area (Å²) in [5.74, 6) is 0. The number of aromatic nitrogens is 2. The molecule has 0 bridgehead atoms. The predicted molar refractivity (Wildman–Crippen MR) is 59.9 cm³/mol. The summed E-state index contributed by atoms with van der Waals surface area (Å²) in [5, 5.41) is 6.68. The molecule has 0 saturated carbocycles. The van der Waals surface area contributed by atoms with Gasteiger partial charge in [-0.1, -0.05) is 0 Å². The summed E-state index contributed by atoms with van der Waals surface area (Å²) in [5.41, 5.74) is 1.80. The molecule has 14 heavy (non-hydrogen) atoms. The van der Waals surface area contributed by atoms with Gasteiger partial charge in [0.25, 0.3) is 0 Å². The molecular weight excluding hydrogens is 196 g/mol. The van der Waals surface area contributed by atoms with E-state index in [2.05, 4.69) is 20.6 Å². The van der Waals surface area contributed by atoms with Crippen molar-refractivity contribution < 1.29 is 0 Å². The van der Waals surface area contributed by atoms with Crippen LogP contribution in [0.1, 0.15) is 18.3 Å². The molecule has 76 valence electrons. The van der Waals surface area contributed by atoms with Crippen molar-refractivity contribution in [2.45, 2.75) is 20.4 Å². The minimum absolute atomic E-state index is 0.610. The monoisotopic (exact) mass is 210 g/mol. The summed E-state index contributed by atoms with van der Waals surface area (Å²) >= 11 is 5.01. The van der Waals surface area contributed by atoms with Gasteiger partial charge in [0.05, 0.1) is 24.1 Å². The van der Waals surface area contributed by atoms with Gasteiger partial charge in [-0.3, -0.25) is 9.97 Å². The lowest BCUT2D eigenvalue weighted by atomic mass is 10.4. The second kappa shape index (κ2) is 5.49. The van der Waals surface area contributed by atoms with Gasteiger partial charge in [-0.05, 0) is 26.1 Å². The molecule has 0 spiro atoms. The Labute approximate surface area is 89.2 Å². The van der Waals surface area contributed by atoms with Gasteiger partial charge in [0.1, 0.15) is 0 Å². The third kappa shape index (κ3) is 3.66. The Morgan fingerprint density at radius 2 is 2.14 bits per heavy atom. The maximum atomic E-state index is 5.01. The van der Waals surface area contributed by atoms with Gasteiger partial charge in [0.15, 0.2) is 5.11 Å². The quantitative estimate of drug-likeness (QED) is 0.722. The summed E-state index contributed by atoms with van der Waals surface area (Å²) < 4.78 is 0. The minimum atomic E-state index is 0.610. The van der Waals surface area contributed by atoms with Crippen LogP contribution in [0.5, 0.6) is 0 Å². The van der Waals surface area contributed by atoms with Crippen LogP contribution in [0, 0.1) is 6.92 Å². The molecular formula is C9H14N4S. The Morgan fingerprint density at radius 1 is 1.36 bits per heavy atom. The number of nitrogens with zero attached hydrogens (tertiary/aromatic N) is 2. The lowest BCUT2D eigenvalue weighted by Crippen LogP contribution is -2.34. The van der Waals surface area contributed by atoms with Crippen molar-refractivity contribution in [1.29, 1.82) is 0 Å². The number of nitrogens with one attached hydrogen (secondary N) is 2. The largest absolute Gasteiger partial charge is 0.363 e. The van der Waals surface area contributed by atoms with E-state index < -0.39 is 0 Å². The van der Waals surface area contributed by atoms with Crippen molar-refractivity contribution in [1.82, 2.24) is 20.6 Å². The van der Waals surface area contributed by atoms with Crippen LogP contribution in [0.4, 0.5) is 0 Å². The zero-order chi connectivity index (χ0) is 10.4. The third-order valence-corrected chi connectivity index (χ3v) is 1.89. The number of thiocarbonyl (C=S) groups is 1. The molecule has 0 saturated heterocycles. The van der Waals surface area contributed by atoms with E-state index in [0.717, 1.165) is 17.9 Å². The van der Waals surface area contributed by atoms with Crippen molar-refractivity contribution in [3.05, 3.63) is 23.8 Å². The summed E-state index contributed by atoms with van der Waals surface area (Å²) in [6, 6.07) is 0. The van der Waals surface area contributed by atoms with E-state index in [1.807, 2.05) is 13.8 Å². The zero-order valence-electron chi connectivity index (χ0n) is 8.37. The first-order valence-corrected chi connectivity index (χ1v) is 4.92. The van der Waals surface area contributed by atoms with Gasteiger partial charge in [-0.2, -0.15) is 0 Å². The van der Waals surface area contributed by atoms with E-state index >= 15 is 0 Å². The first-order valence-electron chi connectivity index (χ1n) is 4.51. The second-order valence-corrected chi connectivity index (χ2v) is 3.27. The Hall–Kier alpha value is -1.23. The maximum Gasteiger partial charge on any atom is 0.166 e. The Morgan fingerprint density at radius 3 is 2.71 bits per heavy atom.